The Balaban J connectivity index is 1.54. The third-order valence-electron chi connectivity index (χ3n) is 5.46. The first-order valence-electron chi connectivity index (χ1n) is 11.0. The highest BCUT2D eigenvalue weighted by Crippen LogP contribution is 2.26. The molecular weight excluding hydrogens is 398 g/mol. The molecule has 0 saturated carbocycles. The number of carbonyl (C=O) groups is 1. The van der Waals surface area contributed by atoms with E-state index in [-0.39, 0.29) is 5.91 Å². The van der Waals surface area contributed by atoms with Crippen LogP contribution in [-0.2, 0) is 11.2 Å². The third-order valence-corrected chi connectivity index (χ3v) is 5.46. The summed E-state index contributed by atoms with van der Waals surface area (Å²) >= 11 is 0. The molecule has 2 aromatic carbocycles. The molecule has 3 N–H and O–H groups in total. The number of nitrogens with zero attached hydrogens (tertiary/aromatic N) is 2. The molecule has 32 heavy (non-hydrogen) atoms. The summed E-state index contributed by atoms with van der Waals surface area (Å²) in [4.78, 5) is 21.2. The van der Waals surface area contributed by atoms with Crippen molar-refractivity contribution in [1.82, 2.24) is 15.3 Å². The van der Waals surface area contributed by atoms with Crippen LogP contribution in [0.25, 0.3) is 0 Å². The molecule has 3 rings (SSSR count). The molecule has 6 heteroatoms. The third kappa shape index (κ3) is 6.30. The highest BCUT2D eigenvalue weighted by Gasteiger charge is 2.08. The monoisotopic (exact) mass is 431 g/mol. The van der Waals surface area contributed by atoms with Crippen LogP contribution in [0.1, 0.15) is 39.2 Å². The topological polar surface area (TPSA) is 78.9 Å². The molecule has 0 saturated heterocycles. The lowest BCUT2D eigenvalue weighted by atomic mass is 10.0. The van der Waals surface area contributed by atoms with Gasteiger partial charge >= 0.3 is 0 Å². The van der Waals surface area contributed by atoms with E-state index in [0.29, 0.717) is 25.3 Å². The lowest BCUT2D eigenvalue weighted by Crippen LogP contribution is -2.30. The first kappa shape index (κ1) is 23.3. The number of amides is 1. The lowest BCUT2D eigenvalue weighted by molar-refractivity contribution is -0.120. The van der Waals surface area contributed by atoms with Gasteiger partial charge in [-0.25, -0.2) is 9.97 Å². The smallest absolute Gasteiger partial charge is 0.224 e. The quantitative estimate of drug-likeness (QED) is 0.445. The van der Waals surface area contributed by atoms with E-state index in [0.717, 1.165) is 22.9 Å². The maximum atomic E-state index is 12.2. The van der Waals surface area contributed by atoms with Gasteiger partial charge in [-0.1, -0.05) is 35.9 Å². The summed E-state index contributed by atoms with van der Waals surface area (Å²) in [5.74, 6) is 2.17. The van der Waals surface area contributed by atoms with Gasteiger partial charge in [0.25, 0.3) is 0 Å². The van der Waals surface area contributed by atoms with Gasteiger partial charge in [-0.3, -0.25) is 4.79 Å². The Labute approximate surface area is 190 Å². The van der Waals surface area contributed by atoms with Gasteiger partial charge in [0.1, 0.15) is 17.5 Å². The Bertz CT molecular complexity index is 1100. The van der Waals surface area contributed by atoms with Gasteiger partial charge in [-0.2, -0.15) is 0 Å². The zero-order valence-corrected chi connectivity index (χ0v) is 19.9. The number of aryl methyl sites for hydroxylation is 6. The summed E-state index contributed by atoms with van der Waals surface area (Å²) in [7, 11) is 0. The van der Waals surface area contributed by atoms with Crippen molar-refractivity contribution in [3.8, 4) is 0 Å². The molecule has 0 spiro atoms. The second-order valence-electron chi connectivity index (χ2n) is 8.46. The Kier molecular flexibility index (Phi) is 7.46. The predicted octanol–water partition coefficient (Wildman–Crippen LogP) is 4.84. The van der Waals surface area contributed by atoms with Crippen molar-refractivity contribution >= 4 is 23.2 Å². The second kappa shape index (κ2) is 10.3. The summed E-state index contributed by atoms with van der Waals surface area (Å²) in [6.07, 6.45) is 0.386. The lowest BCUT2D eigenvalue weighted by Gasteiger charge is -2.15. The van der Waals surface area contributed by atoms with Crippen molar-refractivity contribution in [2.45, 2.75) is 48.0 Å². The van der Waals surface area contributed by atoms with E-state index < -0.39 is 0 Å². The maximum Gasteiger partial charge on any atom is 0.224 e. The highest BCUT2D eigenvalue weighted by atomic mass is 16.1. The highest BCUT2D eigenvalue weighted by molar-refractivity contribution is 5.78. The second-order valence-corrected chi connectivity index (χ2v) is 8.46. The van der Waals surface area contributed by atoms with Crippen molar-refractivity contribution < 1.29 is 4.79 Å². The average molecular weight is 432 g/mol. The molecule has 168 valence electrons. The minimum Gasteiger partial charge on any atom is -0.368 e. The SMILES string of the molecule is Cc1cc(C)c(Nc2cc(NCCNC(=O)Cc3ccc(C)c(C)c3)nc(C)n2)c(C)c1. The van der Waals surface area contributed by atoms with E-state index >= 15 is 0 Å². The summed E-state index contributed by atoms with van der Waals surface area (Å²) in [6.45, 7) is 13.4. The molecule has 0 radical (unpaired) electrons. The van der Waals surface area contributed by atoms with E-state index in [1.54, 1.807) is 0 Å². The summed E-state index contributed by atoms with van der Waals surface area (Å²) in [5, 5.41) is 9.68. The Hall–Kier alpha value is -3.41. The Morgan fingerprint density at radius 1 is 0.781 bits per heavy atom. The van der Waals surface area contributed by atoms with Gasteiger partial charge in [0, 0.05) is 24.8 Å². The van der Waals surface area contributed by atoms with Crippen molar-refractivity contribution in [1.29, 1.82) is 0 Å². The molecule has 0 atom stereocenters. The fraction of sp³-hybridized carbons (Fsp3) is 0.346. The van der Waals surface area contributed by atoms with Gasteiger partial charge in [0.2, 0.25) is 5.91 Å². The molecule has 0 aliphatic rings. The minimum atomic E-state index is 0.0154. The van der Waals surface area contributed by atoms with E-state index in [1.807, 2.05) is 19.1 Å². The summed E-state index contributed by atoms with van der Waals surface area (Å²) < 4.78 is 0. The molecule has 0 aliphatic heterocycles. The van der Waals surface area contributed by atoms with Crippen LogP contribution in [0.3, 0.4) is 0 Å². The summed E-state index contributed by atoms with van der Waals surface area (Å²) in [6, 6.07) is 12.3. The molecular formula is C26H33N5O. The molecule has 1 amide bonds. The molecule has 0 fully saturated rings. The number of anilines is 3. The zero-order chi connectivity index (χ0) is 23.3. The van der Waals surface area contributed by atoms with Crippen LogP contribution in [0, 0.1) is 41.5 Å². The van der Waals surface area contributed by atoms with E-state index in [1.165, 1.54) is 27.8 Å². The fourth-order valence-electron chi connectivity index (χ4n) is 3.78. The number of rotatable bonds is 8. The average Bonchev–Trinajstić information content (AvgIpc) is 2.70. The van der Waals surface area contributed by atoms with Crippen LogP contribution in [0.5, 0.6) is 0 Å². The Morgan fingerprint density at radius 2 is 1.47 bits per heavy atom. The number of nitrogens with one attached hydrogen (secondary N) is 3. The van der Waals surface area contributed by atoms with Crippen molar-refractivity contribution in [3.63, 3.8) is 0 Å². The van der Waals surface area contributed by atoms with Gasteiger partial charge < -0.3 is 16.0 Å². The van der Waals surface area contributed by atoms with Crippen LogP contribution in [0.15, 0.2) is 36.4 Å². The van der Waals surface area contributed by atoms with Crippen LogP contribution >= 0.6 is 0 Å². The Morgan fingerprint density at radius 3 is 2.16 bits per heavy atom. The van der Waals surface area contributed by atoms with Crippen LogP contribution in [0.2, 0.25) is 0 Å². The van der Waals surface area contributed by atoms with Gasteiger partial charge in [0.15, 0.2) is 0 Å². The van der Waals surface area contributed by atoms with Gasteiger partial charge in [-0.15, -0.1) is 0 Å². The van der Waals surface area contributed by atoms with Gasteiger partial charge in [0.05, 0.1) is 6.42 Å². The molecule has 0 aliphatic carbocycles. The van der Waals surface area contributed by atoms with E-state index in [4.69, 9.17) is 0 Å². The first-order valence-corrected chi connectivity index (χ1v) is 11.0. The van der Waals surface area contributed by atoms with E-state index in [9.17, 15) is 4.79 Å². The van der Waals surface area contributed by atoms with Crippen LogP contribution in [0.4, 0.5) is 17.3 Å². The van der Waals surface area contributed by atoms with Crippen molar-refractivity contribution in [2.24, 2.45) is 0 Å². The molecule has 1 aromatic heterocycles. The molecule has 3 aromatic rings. The minimum absolute atomic E-state index is 0.0154. The van der Waals surface area contributed by atoms with Crippen LogP contribution in [-0.4, -0.2) is 29.0 Å². The van der Waals surface area contributed by atoms with Crippen molar-refractivity contribution in [2.75, 3.05) is 23.7 Å². The van der Waals surface area contributed by atoms with Gasteiger partial charge in [-0.05, 0) is 69.4 Å². The first-order chi connectivity index (χ1) is 15.2. The molecule has 0 unspecified atom stereocenters. The maximum absolute atomic E-state index is 12.2. The zero-order valence-electron chi connectivity index (χ0n) is 19.9. The fourth-order valence-corrected chi connectivity index (χ4v) is 3.78. The molecule has 6 nitrogen and oxygen atoms in total. The number of benzene rings is 2. The molecule has 0 bridgehead atoms. The number of hydrogen-bond donors (Lipinski definition) is 3. The molecule has 1 heterocycles. The standard InChI is InChI=1S/C26H33N5O/c1-16-11-19(4)26(20(5)12-16)31-24-15-23(29-21(6)30-24)27-9-10-28-25(32)14-22-8-7-17(2)18(3)13-22/h7-8,11-13,15H,9-10,14H2,1-6H3,(H,28,32)(H2,27,29,30,31). The normalized spacial score (nSPS) is 10.7. The van der Waals surface area contributed by atoms with E-state index in [2.05, 4.69) is 84.8 Å². The van der Waals surface area contributed by atoms with Crippen LogP contribution < -0.4 is 16.0 Å². The number of carbonyl (C=O) groups excluding carboxylic acids is 1. The predicted molar refractivity (Wildman–Crippen MR) is 132 cm³/mol. The summed E-state index contributed by atoms with van der Waals surface area (Å²) in [5.41, 5.74) is 8.14. The largest absolute Gasteiger partial charge is 0.368 e. The van der Waals surface area contributed by atoms with Crippen molar-refractivity contribution in [3.05, 3.63) is 75.6 Å². The number of hydrogen-bond acceptors (Lipinski definition) is 5. The number of aromatic nitrogens is 2.